The van der Waals surface area contributed by atoms with E-state index < -0.39 is 0 Å². The van der Waals surface area contributed by atoms with Crippen LogP contribution in [0, 0.1) is 5.41 Å². The monoisotopic (exact) mass is 558 g/mol. The van der Waals surface area contributed by atoms with Crippen molar-refractivity contribution in [3.63, 3.8) is 0 Å². The number of fused-ring (bicyclic) bond motifs is 1. The molecule has 0 radical (unpaired) electrons. The highest BCUT2D eigenvalue weighted by atomic mass is 32.1. The number of nitrogens with zero attached hydrogens (tertiary/aromatic N) is 4. The molecule has 0 bridgehead atoms. The molecule has 0 N–H and O–H groups in total. The van der Waals surface area contributed by atoms with E-state index in [0.29, 0.717) is 19.6 Å². The number of likely N-dealkylation sites (N-methyl/N-ethyl adjacent to an activating group) is 1. The number of thiophene rings is 1. The molecule has 2 aromatic heterocycles. The van der Waals surface area contributed by atoms with Gasteiger partial charge in [0.25, 0.3) is 0 Å². The number of amides is 1. The Morgan fingerprint density at radius 3 is 2.42 bits per heavy atom. The molecule has 3 aliphatic rings. The number of piperazine rings is 1. The Balaban J connectivity index is 1.51. The quantitative estimate of drug-likeness (QED) is 0.449. The molecule has 1 amide bonds. The predicted molar refractivity (Wildman–Crippen MR) is 160 cm³/mol. The van der Waals surface area contributed by atoms with Gasteiger partial charge < -0.3 is 19.4 Å². The van der Waals surface area contributed by atoms with Gasteiger partial charge in [0, 0.05) is 63.0 Å². The maximum Gasteiger partial charge on any atom is 0.228 e. The minimum Gasteiger partial charge on any atom is -0.378 e. The third kappa shape index (κ3) is 5.32. The highest BCUT2D eigenvalue weighted by Crippen LogP contribution is 2.51. The van der Waals surface area contributed by atoms with Crippen molar-refractivity contribution in [3.05, 3.63) is 58.7 Å². The molecule has 8 heteroatoms. The molecule has 210 valence electrons. The van der Waals surface area contributed by atoms with Gasteiger partial charge in [0.2, 0.25) is 5.91 Å². The number of hydrogen-bond donors (Lipinski definition) is 0. The van der Waals surface area contributed by atoms with Crippen molar-refractivity contribution in [3.8, 4) is 22.3 Å². The molecule has 2 aliphatic heterocycles. The van der Waals surface area contributed by atoms with E-state index in [1.807, 2.05) is 29.3 Å². The van der Waals surface area contributed by atoms with Crippen molar-refractivity contribution >= 4 is 28.0 Å². The van der Waals surface area contributed by atoms with Gasteiger partial charge in [0.15, 0.2) is 5.78 Å². The van der Waals surface area contributed by atoms with Crippen molar-refractivity contribution in [1.82, 2.24) is 14.8 Å². The lowest BCUT2D eigenvalue weighted by molar-refractivity contribution is -0.132. The summed E-state index contributed by atoms with van der Waals surface area (Å²) in [6, 6.07) is 12.4. The minimum atomic E-state index is -0.109. The number of morpholine rings is 1. The lowest BCUT2D eigenvalue weighted by Gasteiger charge is -2.32. The molecule has 1 aliphatic carbocycles. The largest absolute Gasteiger partial charge is 0.378 e. The van der Waals surface area contributed by atoms with Gasteiger partial charge in [0.05, 0.1) is 30.2 Å². The zero-order valence-corrected chi connectivity index (χ0v) is 24.6. The van der Waals surface area contributed by atoms with Crippen LogP contribution in [0.1, 0.15) is 41.2 Å². The summed E-state index contributed by atoms with van der Waals surface area (Å²) < 4.78 is 5.68. The van der Waals surface area contributed by atoms with E-state index in [-0.39, 0.29) is 23.5 Å². The zero-order chi connectivity index (χ0) is 27.9. The summed E-state index contributed by atoms with van der Waals surface area (Å²) in [5.41, 5.74) is 6.07. The number of hydrogen-bond acceptors (Lipinski definition) is 7. The number of anilines is 1. The van der Waals surface area contributed by atoms with Crippen LogP contribution < -0.4 is 4.90 Å². The van der Waals surface area contributed by atoms with Gasteiger partial charge in [-0.1, -0.05) is 44.2 Å². The molecular weight excluding hydrogens is 520 g/mol. The van der Waals surface area contributed by atoms with Crippen LogP contribution in [0.2, 0.25) is 0 Å². The average molecular weight is 559 g/mol. The van der Waals surface area contributed by atoms with Gasteiger partial charge in [-0.05, 0) is 41.6 Å². The zero-order valence-electron chi connectivity index (χ0n) is 23.7. The summed E-state index contributed by atoms with van der Waals surface area (Å²) in [4.78, 5) is 39.3. The molecule has 2 saturated heterocycles. The standard InChI is InChI=1S/C32H38N4O3S/c1-32(2)20-24-29(31(36-15-17-39-18-16-36)40-30(24)26(37)21-32)23-9-10-33-25(28(23)22-7-5-4-6-8-22)19-27(38)35-13-11-34(3)12-14-35/h4-10H,11-21H2,1-3H3. The van der Waals surface area contributed by atoms with Crippen molar-refractivity contribution in [1.29, 1.82) is 0 Å². The normalized spacial score (nSPS) is 19.5. The number of carbonyl (C=O) groups is 2. The van der Waals surface area contributed by atoms with Crippen molar-refractivity contribution in [2.75, 3.05) is 64.4 Å². The predicted octanol–water partition coefficient (Wildman–Crippen LogP) is 4.79. The summed E-state index contributed by atoms with van der Waals surface area (Å²) in [5.74, 6) is 0.352. The molecule has 0 saturated carbocycles. The fraction of sp³-hybridized carbons (Fsp3) is 0.469. The van der Waals surface area contributed by atoms with Gasteiger partial charge in [0.1, 0.15) is 5.00 Å². The summed E-state index contributed by atoms with van der Waals surface area (Å²) in [6.07, 6.45) is 3.51. The average Bonchev–Trinajstić information content (AvgIpc) is 3.33. The number of aromatic nitrogens is 1. The highest BCUT2D eigenvalue weighted by molar-refractivity contribution is 7.19. The lowest BCUT2D eigenvalue weighted by atomic mass is 9.74. The van der Waals surface area contributed by atoms with Gasteiger partial charge in [-0.15, -0.1) is 11.3 Å². The number of Topliss-reactive ketones (excluding diaryl/α,β-unsaturated/α-hetero) is 1. The first kappa shape index (κ1) is 27.1. The maximum atomic E-state index is 13.5. The second-order valence-electron chi connectivity index (χ2n) is 12.0. The van der Waals surface area contributed by atoms with E-state index in [4.69, 9.17) is 9.72 Å². The molecule has 1 aromatic carbocycles. The van der Waals surface area contributed by atoms with Crippen molar-refractivity contribution in [2.24, 2.45) is 5.41 Å². The Bertz CT molecular complexity index is 1400. The van der Waals surface area contributed by atoms with Crippen LogP contribution in [0.25, 0.3) is 22.3 Å². The number of pyridine rings is 1. The first-order chi connectivity index (χ1) is 19.3. The van der Waals surface area contributed by atoms with Crippen molar-refractivity contribution in [2.45, 2.75) is 33.1 Å². The van der Waals surface area contributed by atoms with E-state index in [1.165, 1.54) is 0 Å². The van der Waals surface area contributed by atoms with E-state index in [1.54, 1.807) is 11.3 Å². The van der Waals surface area contributed by atoms with Crippen LogP contribution in [-0.2, 0) is 22.4 Å². The number of rotatable bonds is 5. The van der Waals surface area contributed by atoms with E-state index >= 15 is 0 Å². The van der Waals surface area contributed by atoms with Crippen LogP contribution in [0.3, 0.4) is 0 Å². The Kier molecular flexibility index (Phi) is 7.50. The molecule has 0 unspecified atom stereocenters. The molecule has 2 fully saturated rings. The highest BCUT2D eigenvalue weighted by Gasteiger charge is 2.38. The molecule has 0 spiro atoms. The molecule has 4 heterocycles. The van der Waals surface area contributed by atoms with Crippen LogP contribution >= 0.6 is 11.3 Å². The van der Waals surface area contributed by atoms with Crippen molar-refractivity contribution < 1.29 is 14.3 Å². The third-order valence-corrected chi connectivity index (χ3v) is 9.70. The Morgan fingerprint density at radius 2 is 1.70 bits per heavy atom. The van der Waals surface area contributed by atoms with Crippen LogP contribution in [0.5, 0.6) is 0 Å². The van der Waals surface area contributed by atoms with E-state index in [0.717, 1.165) is 89.1 Å². The summed E-state index contributed by atoms with van der Waals surface area (Å²) >= 11 is 1.64. The number of ether oxygens (including phenoxy) is 1. The number of benzene rings is 1. The van der Waals surface area contributed by atoms with E-state index in [9.17, 15) is 9.59 Å². The molecular formula is C32H38N4O3S. The smallest absolute Gasteiger partial charge is 0.228 e. The molecule has 0 atom stereocenters. The Hall–Kier alpha value is -3.07. The van der Waals surface area contributed by atoms with Crippen LogP contribution in [-0.4, -0.2) is 86.0 Å². The molecule has 7 nitrogen and oxygen atoms in total. The van der Waals surface area contributed by atoms with Gasteiger partial charge in [-0.2, -0.15) is 0 Å². The SMILES string of the molecule is CN1CCN(C(=O)Cc2nccc(-c3c(N4CCOCC4)sc4c3CC(C)(C)CC4=O)c2-c2ccccc2)CC1. The van der Waals surface area contributed by atoms with Crippen LogP contribution in [0.4, 0.5) is 5.00 Å². The second kappa shape index (κ2) is 11.1. The first-order valence-corrected chi connectivity index (χ1v) is 15.1. The fourth-order valence-electron chi connectivity index (χ4n) is 6.25. The number of ketones is 1. The summed E-state index contributed by atoms with van der Waals surface area (Å²) in [5, 5.41) is 1.14. The molecule has 40 heavy (non-hydrogen) atoms. The topological polar surface area (TPSA) is 66.0 Å². The Labute approximate surface area is 240 Å². The lowest BCUT2D eigenvalue weighted by Crippen LogP contribution is -2.47. The fourth-order valence-corrected chi connectivity index (χ4v) is 7.58. The minimum absolute atomic E-state index is 0.109. The van der Waals surface area contributed by atoms with E-state index in [2.05, 4.69) is 48.9 Å². The first-order valence-electron chi connectivity index (χ1n) is 14.3. The molecule has 6 rings (SSSR count). The second-order valence-corrected chi connectivity index (χ2v) is 13.0. The van der Waals surface area contributed by atoms with Gasteiger partial charge in [-0.25, -0.2) is 0 Å². The number of carbonyl (C=O) groups excluding carboxylic acids is 2. The van der Waals surface area contributed by atoms with Crippen LogP contribution in [0.15, 0.2) is 42.6 Å². The Morgan fingerprint density at radius 1 is 0.975 bits per heavy atom. The van der Waals surface area contributed by atoms with Gasteiger partial charge in [-0.3, -0.25) is 14.6 Å². The third-order valence-electron chi connectivity index (χ3n) is 8.37. The summed E-state index contributed by atoms with van der Waals surface area (Å²) in [6.45, 7) is 10.6. The maximum absolute atomic E-state index is 13.5. The summed E-state index contributed by atoms with van der Waals surface area (Å²) in [7, 11) is 2.10. The molecule has 3 aromatic rings. The van der Waals surface area contributed by atoms with Gasteiger partial charge >= 0.3 is 0 Å².